The van der Waals surface area contributed by atoms with Crippen LogP contribution in [0.5, 0.6) is 11.5 Å². The van der Waals surface area contributed by atoms with E-state index in [-0.39, 0.29) is 25.1 Å². The van der Waals surface area contributed by atoms with Gasteiger partial charge in [0.1, 0.15) is 0 Å². The van der Waals surface area contributed by atoms with Crippen LogP contribution < -0.4 is 14.4 Å². The molecule has 0 aliphatic carbocycles. The smallest absolute Gasteiger partial charge is 0.254 e. The number of ether oxygens (including phenoxy) is 2. The van der Waals surface area contributed by atoms with Crippen molar-refractivity contribution in [1.82, 2.24) is 14.5 Å². The number of anilines is 1. The normalized spacial score (nSPS) is 15.1. The molecule has 1 aromatic heterocycles. The van der Waals surface area contributed by atoms with Crippen LogP contribution in [0.1, 0.15) is 15.9 Å². The van der Waals surface area contributed by atoms with E-state index in [0.29, 0.717) is 30.2 Å². The number of carbonyl (C=O) groups is 1. The van der Waals surface area contributed by atoms with Gasteiger partial charge in [0.05, 0.1) is 0 Å². The van der Waals surface area contributed by atoms with Gasteiger partial charge in [0.2, 0.25) is 12.7 Å². The predicted molar refractivity (Wildman–Crippen MR) is 116 cm³/mol. The molecule has 0 spiro atoms. The number of carbonyl (C=O) groups excluding carboxylic acids is 1. The highest BCUT2D eigenvalue weighted by atomic mass is 35.5. The molecule has 0 radical (unpaired) electrons. The molecule has 2 aromatic carbocycles. The average molecular weight is 427 g/mol. The Morgan fingerprint density at radius 2 is 1.70 bits per heavy atom. The van der Waals surface area contributed by atoms with Gasteiger partial charge in [0, 0.05) is 49.8 Å². The molecule has 3 heterocycles. The number of aromatic nitrogens is 2. The number of benzene rings is 2. The van der Waals surface area contributed by atoms with Crippen LogP contribution in [0.15, 0.2) is 54.9 Å². The number of piperazine rings is 1. The minimum absolute atomic E-state index is 0. The van der Waals surface area contributed by atoms with E-state index in [1.54, 1.807) is 18.2 Å². The zero-order chi connectivity index (χ0) is 19.8. The number of amides is 1. The highest BCUT2D eigenvalue weighted by Gasteiger charge is 2.26. The number of imidazole rings is 1. The summed E-state index contributed by atoms with van der Waals surface area (Å²) < 4.78 is 12.8. The molecule has 2 aliphatic rings. The molecule has 2 aliphatic heterocycles. The number of hydrogen-bond acceptors (Lipinski definition) is 5. The molecule has 0 atom stereocenters. The molecule has 7 nitrogen and oxygen atoms in total. The second-order valence-electron chi connectivity index (χ2n) is 7.28. The molecule has 1 amide bonds. The summed E-state index contributed by atoms with van der Waals surface area (Å²) in [6.07, 6.45) is 3.80. The Balaban J connectivity index is 0.00000218. The van der Waals surface area contributed by atoms with Crippen molar-refractivity contribution >= 4 is 24.3 Å². The maximum absolute atomic E-state index is 12.9. The van der Waals surface area contributed by atoms with E-state index >= 15 is 0 Å². The van der Waals surface area contributed by atoms with Gasteiger partial charge in [-0.25, -0.2) is 4.98 Å². The van der Waals surface area contributed by atoms with E-state index in [2.05, 4.69) is 45.6 Å². The number of rotatable bonds is 3. The second-order valence-corrected chi connectivity index (χ2v) is 7.28. The van der Waals surface area contributed by atoms with Crippen LogP contribution in [0.2, 0.25) is 0 Å². The van der Waals surface area contributed by atoms with Crippen LogP contribution in [-0.2, 0) is 0 Å². The molecule has 0 bridgehead atoms. The topological polar surface area (TPSA) is 59.8 Å². The molecule has 8 heteroatoms. The molecule has 1 saturated heterocycles. The summed E-state index contributed by atoms with van der Waals surface area (Å²) in [6, 6.07) is 13.7. The average Bonchev–Trinajstić information content (AvgIpc) is 3.43. The Bertz CT molecular complexity index is 1040. The fraction of sp³-hybridized carbons (Fsp3) is 0.273. The van der Waals surface area contributed by atoms with Gasteiger partial charge in [-0.2, -0.15) is 0 Å². The quantitative estimate of drug-likeness (QED) is 0.643. The lowest BCUT2D eigenvalue weighted by molar-refractivity contribution is 0.0745. The summed E-state index contributed by atoms with van der Waals surface area (Å²) >= 11 is 0. The van der Waals surface area contributed by atoms with Gasteiger partial charge in [0.25, 0.3) is 5.91 Å². The summed E-state index contributed by atoms with van der Waals surface area (Å²) in [5.74, 6) is 2.25. The fourth-order valence-corrected chi connectivity index (χ4v) is 3.76. The SMILES string of the molecule is Cc1ccc(-n2ccnc2N2CCN(C(=O)c3ccc4c(c3)OCO4)CC2)cc1.Cl. The number of halogens is 1. The maximum atomic E-state index is 12.9. The van der Waals surface area contributed by atoms with E-state index in [1.165, 1.54) is 5.56 Å². The van der Waals surface area contributed by atoms with Crippen LogP contribution >= 0.6 is 12.4 Å². The zero-order valence-electron chi connectivity index (χ0n) is 16.7. The third-order valence-corrected chi connectivity index (χ3v) is 5.40. The van der Waals surface area contributed by atoms with Gasteiger partial charge in [-0.3, -0.25) is 9.36 Å². The number of hydrogen-bond donors (Lipinski definition) is 0. The molecule has 0 saturated carbocycles. The molecule has 30 heavy (non-hydrogen) atoms. The minimum atomic E-state index is 0. The van der Waals surface area contributed by atoms with Gasteiger partial charge in [0.15, 0.2) is 11.5 Å². The summed E-state index contributed by atoms with van der Waals surface area (Å²) in [7, 11) is 0. The van der Waals surface area contributed by atoms with E-state index in [4.69, 9.17) is 9.47 Å². The van der Waals surface area contributed by atoms with Gasteiger partial charge < -0.3 is 19.3 Å². The van der Waals surface area contributed by atoms with Crippen molar-refractivity contribution in [2.45, 2.75) is 6.92 Å². The van der Waals surface area contributed by atoms with Crippen LogP contribution in [-0.4, -0.2) is 53.3 Å². The molecule has 1 fully saturated rings. The van der Waals surface area contributed by atoms with Crippen molar-refractivity contribution in [1.29, 1.82) is 0 Å². The van der Waals surface area contributed by atoms with Crippen LogP contribution in [0.25, 0.3) is 5.69 Å². The highest BCUT2D eigenvalue weighted by molar-refractivity contribution is 5.95. The van der Waals surface area contributed by atoms with Gasteiger partial charge in [-0.05, 0) is 37.3 Å². The van der Waals surface area contributed by atoms with E-state index < -0.39 is 0 Å². The first-order chi connectivity index (χ1) is 14.2. The van der Waals surface area contributed by atoms with Crippen molar-refractivity contribution in [3.63, 3.8) is 0 Å². The Kier molecular flexibility index (Phi) is 5.55. The van der Waals surface area contributed by atoms with Crippen LogP contribution in [0.3, 0.4) is 0 Å². The number of fused-ring (bicyclic) bond motifs is 1. The summed E-state index contributed by atoms with van der Waals surface area (Å²) in [4.78, 5) is 21.6. The maximum Gasteiger partial charge on any atom is 0.254 e. The Morgan fingerprint density at radius 1 is 0.967 bits per heavy atom. The Morgan fingerprint density at radius 3 is 2.47 bits per heavy atom. The second kappa shape index (κ2) is 8.28. The molecule has 3 aromatic rings. The first kappa shape index (κ1) is 20.1. The lowest BCUT2D eigenvalue weighted by atomic mass is 10.1. The standard InChI is InChI=1S/C22H22N4O3.ClH/c1-16-2-5-18(6-3-16)26-9-8-23-22(26)25-12-10-24(11-13-25)21(27)17-4-7-19-20(14-17)29-15-28-19;/h2-9,14H,10-13,15H2,1H3;1H. The molecular weight excluding hydrogens is 404 g/mol. The van der Waals surface area contributed by atoms with Gasteiger partial charge >= 0.3 is 0 Å². The third kappa shape index (κ3) is 3.68. The minimum Gasteiger partial charge on any atom is -0.454 e. The number of nitrogens with zero attached hydrogens (tertiary/aromatic N) is 4. The molecular formula is C22H23ClN4O3. The van der Waals surface area contributed by atoms with Crippen molar-refractivity contribution in [2.24, 2.45) is 0 Å². The third-order valence-electron chi connectivity index (χ3n) is 5.40. The van der Waals surface area contributed by atoms with Crippen molar-refractivity contribution in [3.8, 4) is 17.2 Å². The lowest BCUT2D eigenvalue weighted by Crippen LogP contribution is -2.49. The van der Waals surface area contributed by atoms with Crippen LogP contribution in [0.4, 0.5) is 5.95 Å². The van der Waals surface area contributed by atoms with Crippen LogP contribution in [0, 0.1) is 6.92 Å². The fourth-order valence-electron chi connectivity index (χ4n) is 3.76. The van der Waals surface area contributed by atoms with E-state index in [0.717, 1.165) is 24.7 Å². The Hall–Kier alpha value is -3.19. The number of aryl methyl sites for hydroxylation is 1. The molecule has 0 N–H and O–H groups in total. The summed E-state index contributed by atoms with van der Waals surface area (Å²) in [5, 5.41) is 0. The van der Waals surface area contributed by atoms with E-state index in [9.17, 15) is 4.79 Å². The zero-order valence-corrected chi connectivity index (χ0v) is 17.5. The van der Waals surface area contributed by atoms with Gasteiger partial charge in [-0.15, -0.1) is 12.4 Å². The largest absolute Gasteiger partial charge is 0.454 e. The summed E-state index contributed by atoms with van der Waals surface area (Å²) in [5.41, 5.74) is 2.94. The van der Waals surface area contributed by atoms with Crippen molar-refractivity contribution in [2.75, 3.05) is 37.9 Å². The molecule has 5 rings (SSSR count). The first-order valence-corrected chi connectivity index (χ1v) is 9.73. The monoisotopic (exact) mass is 426 g/mol. The predicted octanol–water partition coefficient (Wildman–Crippen LogP) is 3.29. The van der Waals surface area contributed by atoms with Crippen molar-refractivity contribution < 1.29 is 14.3 Å². The Labute approximate surface area is 181 Å². The molecule has 0 unspecified atom stereocenters. The van der Waals surface area contributed by atoms with Gasteiger partial charge in [-0.1, -0.05) is 17.7 Å². The lowest BCUT2D eigenvalue weighted by Gasteiger charge is -2.35. The van der Waals surface area contributed by atoms with E-state index in [1.807, 2.05) is 17.3 Å². The summed E-state index contributed by atoms with van der Waals surface area (Å²) in [6.45, 7) is 5.05. The highest BCUT2D eigenvalue weighted by Crippen LogP contribution is 2.33. The molecule has 156 valence electrons. The first-order valence-electron chi connectivity index (χ1n) is 9.73. The van der Waals surface area contributed by atoms with Crippen molar-refractivity contribution in [3.05, 3.63) is 66.0 Å².